The molecule has 1 aromatic heterocycles. The molecule has 164 valence electrons. The van der Waals surface area contributed by atoms with E-state index in [1.165, 1.54) is 6.07 Å². The minimum Gasteiger partial charge on any atom is -0.502 e. The van der Waals surface area contributed by atoms with Crippen LogP contribution in [-0.4, -0.2) is 27.2 Å². The number of hydrogen-bond acceptors (Lipinski definition) is 6. The van der Waals surface area contributed by atoms with E-state index >= 15 is 0 Å². The van der Waals surface area contributed by atoms with Gasteiger partial charge in [0.25, 0.3) is 11.4 Å². The lowest BCUT2D eigenvalue weighted by Crippen LogP contribution is -2.39. The van der Waals surface area contributed by atoms with Crippen LogP contribution in [0.3, 0.4) is 0 Å². The number of rotatable bonds is 7. The molecule has 0 radical (unpaired) electrons. The molecule has 1 heterocycles. The van der Waals surface area contributed by atoms with Crippen molar-refractivity contribution in [3.05, 3.63) is 93.8 Å². The molecule has 0 saturated heterocycles. The molecule has 8 nitrogen and oxygen atoms in total. The van der Waals surface area contributed by atoms with Gasteiger partial charge in [0.15, 0.2) is 23.1 Å². The SMILES string of the molecule is COc1ccc(NC(=S)/C(=C(\O)c2ccc(C)c([N+](=O)[O-])c2)[n+]2cccc(CO)c2)cc1. The second-order valence-electron chi connectivity index (χ2n) is 6.92. The summed E-state index contributed by atoms with van der Waals surface area (Å²) in [5, 5.41) is 35.1. The van der Waals surface area contributed by atoms with Crippen molar-refractivity contribution in [2.45, 2.75) is 13.5 Å². The van der Waals surface area contributed by atoms with Crippen LogP contribution in [0.5, 0.6) is 5.75 Å². The molecule has 0 saturated carbocycles. The maximum atomic E-state index is 11.4. The number of anilines is 1. The number of aliphatic hydroxyl groups excluding tert-OH is 2. The zero-order chi connectivity index (χ0) is 23.3. The highest BCUT2D eigenvalue weighted by atomic mass is 32.1. The molecule has 0 aliphatic heterocycles. The lowest BCUT2D eigenvalue weighted by atomic mass is 10.1. The molecule has 0 bridgehead atoms. The highest BCUT2D eigenvalue weighted by Crippen LogP contribution is 2.26. The molecule has 32 heavy (non-hydrogen) atoms. The summed E-state index contributed by atoms with van der Waals surface area (Å²) < 4.78 is 6.72. The molecule has 0 atom stereocenters. The van der Waals surface area contributed by atoms with E-state index in [-0.39, 0.29) is 34.3 Å². The van der Waals surface area contributed by atoms with E-state index < -0.39 is 4.92 Å². The minimum absolute atomic E-state index is 0.114. The molecular weight excluding hydrogens is 430 g/mol. The number of hydrogen-bond donors (Lipinski definition) is 3. The average Bonchev–Trinajstić information content (AvgIpc) is 2.80. The number of nitro benzene ring substituents is 1. The van der Waals surface area contributed by atoms with Crippen molar-refractivity contribution in [3.63, 3.8) is 0 Å². The Balaban J connectivity index is 2.12. The summed E-state index contributed by atoms with van der Waals surface area (Å²) in [6, 6.07) is 14.9. The van der Waals surface area contributed by atoms with Gasteiger partial charge >= 0.3 is 0 Å². The van der Waals surface area contributed by atoms with Crippen LogP contribution < -0.4 is 14.6 Å². The van der Waals surface area contributed by atoms with Crippen LogP contribution in [0.25, 0.3) is 11.5 Å². The Kier molecular flexibility index (Phi) is 7.14. The zero-order valence-electron chi connectivity index (χ0n) is 17.5. The van der Waals surface area contributed by atoms with E-state index in [0.717, 1.165) is 0 Å². The largest absolute Gasteiger partial charge is 0.502 e. The van der Waals surface area contributed by atoms with Crippen molar-refractivity contribution in [2.24, 2.45) is 0 Å². The Morgan fingerprint density at radius 3 is 2.56 bits per heavy atom. The van der Waals surface area contributed by atoms with Crippen molar-refractivity contribution in [3.8, 4) is 5.75 Å². The number of nitrogens with one attached hydrogen (secondary N) is 1. The molecule has 2 aromatic carbocycles. The Hall–Kier alpha value is -3.82. The lowest BCUT2D eigenvalue weighted by Gasteiger charge is -2.11. The van der Waals surface area contributed by atoms with Crippen LogP contribution in [0.1, 0.15) is 16.7 Å². The predicted octanol–water partition coefficient (Wildman–Crippen LogP) is 4.01. The first-order valence-corrected chi connectivity index (χ1v) is 10.0. The number of nitrogens with zero attached hydrogens (tertiary/aromatic N) is 2. The number of thiocarbonyl (C=S) groups is 1. The first kappa shape index (κ1) is 22.9. The maximum absolute atomic E-state index is 11.4. The van der Waals surface area contributed by atoms with Crippen LogP contribution >= 0.6 is 12.2 Å². The third-order valence-electron chi connectivity index (χ3n) is 4.77. The maximum Gasteiger partial charge on any atom is 0.288 e. The summed E-state index contributed by atoms with van der Waals surface area (Å²) >= 11 is 5.59. The fourth-order valence-corrected chi connectivity index (χ4v) is 3.38. The number of methoxy groups -OCH3 is 1. The van der Waals surface area contributed by atoms with Gasteiger partial charge in [0.2, 0.25) is 0 Å². The van der Waals surface area contributed by atoms with E-state index in [0.29, 0.717) is 22.6 Å². The minimum atomic E-state index is -0.501. The van der Waals surface area contributed by atoms with Crippen molar-refractivity contribution >= 4 is 40.0 Å². The molecule has 3 aromatic rings. The Morgan fingerprint density at radius 2 is 1.94 bits per heavy atom. The number of aliphatic hydroxyl groups is 2. The highest BCUT2D eigenvalue weighted by molar-refractivity contribution is 7.81. The molecule has 0 unspecified atom stereocenters. The Bertz CT molecular complexity index is 1190. The molecule has 0 amide bonds. The molecule has 3 rings (SSSR count). The first-order chi connectivity index (χ1) is 15.3. The molecule has 0 aliphatic rings. The van der Waals surface area contributed by atoms with E-state index in [1.807, 2.05) is 0 Å². The summed E-state index contributed by atoms with van der Waals surface area (Å²) in [6.07, 6.45) is 3.28. The van der Waals surface area contributed by atoms with E-state index in [1.54, 1.807) is 79.5 Å². The van der Waals surface area contributed by atoms with Gasteiger partial charge in [-0.1, -0.05) is 24.4 Å². The molecule has 0 fully saturated rings. The topological polar surface area (TPSA) is 109 Å². The van der Waals surface area contributed by atoms with Gasteiger partial charge in [-0.15, -0.1) is 0 Å². The van der Waals surface area contributed by atoms with Crippen LogP contribution in [0, 0.1) is 17.0 Å². The number of aromatic nitrogens is 1. The summed E-state index contributed by atoms with van der Waals surface area (Å²) in [5.74, 6) is 0.427. The fourth-order valence-electron chi connectivity index (χ4n) is 3.06. The third kappa shape index (κ3) is 5.08. The highest BCUT2D eigenvalue weighted by Gasteiger charge is 2.26. The fraction of sp³-hybridized carbons (Fsp3) is 0.130. The molecular formula is C23H22N3O5S+. The van der Waals surface area contributed by atoms with Crippen molar-refractivity contribution < 1.29 is 24.4 Å². The van der Waals surface area contributed by atoms with Gasteiger partial charge in [0.1, 0.15) is 5.75 Å². The summed E-state index contributed by atoms with van der Waals surface area (Å²) in [4.78, 5) is 11.0. The smallest absolute Gasteiger partial charge is 0.288 e. The number of nitro groups is 1. The van der Waals surface area contributed by atoms with Crippen LogP contribution in [0.15, 0.2) is 67.0 Å². The number of benzene rings is 2. The average molecular weight is 453 g/mol. The molecule has 0 aliphatic carbocycles. The van der Waals surface area contributed by atoms with Gasteiger partial charge in [-0.2, -0.15) is 4.57 Å². The standard InChI is InChI=1S/C23H21N3O5S/c1-15-5-6-17(12-20(15)26(29)30)22(28)21(25-11-3-4-16(13-25)14-27)23(32)24-18-7-9-19(31-2)10-8-18/h3-13,27H,14H2,1-2H3,(H-,24,28,32)/p+1. The number of ether oxygens (including phenoxy) is 1. The van der Waals surface area contributed by atoms with Crippen LogP contribution in [0.2, 0.25) is 0 Å². The van der Waals surface area contributed by atoms with E-state index in [9.17, 15) is 20.3 Å². The van der Waals surface area contributed by atoms with Gasteiger partial charge < -0.3 is 20.3 Å². The Labute approximate surface area is 190 Å². The van der Waals surface area contributed by atoms with Gasteiger partial charge in [0.05, 0.1) is 18.6 Å². The molecule has 0 spiro atoms. The third-order valence-corrected chi connectivity index (χ3v) is 5.06. The van der Waals surface area contributed by atoms with Crippen molar-refractivity contribution in [2.75, 3.05) is 12.4 Å². The van der Waals surface area contributed by atoms with Gasteiger partial charge in [0, 0.05) is 34.5 Å². The lowest BCUT2D eigenvalue weighted by molar-refractivity contribution is -0.576. The summed E-state index contributed by atoms with van der Waals surface area (Å²) in [5.41, 5.74) is 2.05. The normalized spacial score (nSPS) is 11.5. The molecule has 3 N–H and O–H groups in total. The summed E-state index contributed by atoms with van der Waals surface area (Å²) in [7, 11) is 1.57. The quantitative estimate of drug-likeness (QED) is 0.124. The van der Waals surface area contributed by atoms with Gasteiger partial charge in [-0.05, 0) is 37.3 Å². The summed E-state index contributed by atoms with van der Waals surface area (Å²) in [6.45, 7) is 1.42. The monoisotopic (exact) mass is 452 g/mol. The van der Waals surface area contributed by atoms with Crippen molar-refractivity contribution in [1.82, 2.24) is 0 Å². The molecule has 9 heteroatoms. The zero-order valence-corrected chi connectivity index (χ0v) is 18.3. The predicted molar refractivity (Wildman–Crippen MR) is 125 cm³/mol. The van der Waals surface area contributed by atoms with Crippen LogP contribution in [-0.2, 0) is 6.61 Å². The van der Waals surface area contributed by atoms with Gasteiger partial charge in [-0.25, -0.2) is 0 Å². The number of aryl methyl sites for hydroxylation is 1. The second-order valence-corrected chi connectivity index (χ2v) is 7.32. The van der Waals surface area contributed by atoms with Gasteiger partial charge in [-0.3, -0.25) is 10.1 Å². The first-order valence-electron chi connectivity index (χ1n) is 9.59. The second kappa shape index (κ2) is 9.99. The van der Waals surface area contributed by atoms with E-state index in [4.69, 9.17) is 17.0 Å². The van der Waals surface area contributed by atoms with Crippen LogP contribution in [0.4, 0.5) is 11.4 Å². The van der Waals surface area contributed by atoms with E-state index in [2.05, 4.69) is 5.32 Å². The van der Waals surface area contributed by atoms with Crippen molar-refractivity contribution in [1.29, 1.82) is 0 Å². The number of pyridine rings is 1. The Morgan fingerprint density at radius 1 is 1.22 bits per heavy atom.